The third-order valence-electron chi connectivity index (χ3n) is 10.8. The van der Waals surface area contributed by atoms with E-state index in [4.69, 9.17) is 4.42 Å². The van der Waals surface area contributed by atoms with Crippen LogP contribution in [0.25, 0.3) is 109 Å². The van der Waals surface area contributed by atoms with Gasteiger partial charge in [0.2, 0.25) is 0 Å². The standard InChI is InChI=1S/C50H30O/c1-2-13-33-29-34(22-21-31(33)11-1)36-25-26-44(39-16-6-5-15-38(36)39)49-42-19-9-7-17-40(42)48(41-18-8-10-20-43(41)49)35-24-27-46-45(30-35)50-37-14-4-3-12-32(37)23-28-47(50)51-46/h1-30H. The lowest BCUT2D eigenvalue weighted by atomic mass is 9.83. The van der Waals surface area contributed by atoms with Gasteiger partial charge >= 0.3 is 0 Å². The lowest BCUT2D eigenvalue weighted by molar-refractivity contribution is 0.669. The zero-order chi connectivity index (χ0) is 33.5. The van der Waals surface area contributed by atoms with Crippen LogP contribution in [0.2, 0.25) is 0 Å². The Morgan fingerprint density at radius 2 is 0.784 bits per heavy atom. The molecular weight excluding hydrogens is 617 g/mol. The fraction of sp³-hybridized carbons (Fsp3) is 0. The lowest BCUT2D eigenvalue weighted by Crippen LogP contribution is -1.92. The molecule has 0 spiro atoms. The molecule has 11 rings (SSSR count). The van der Waals surface area contributed by atoms with Gasteiger partial charge in [0, 0.05) is 10.8 Å². The predicted molar refractivity (Wildman–Crippen MR) is 218 cm³/mol. The second kappa shape index (κ2) is 10.9. The second-order valence-corrected chi connectivity index (χ2v) is 13.6. The van der Waals surface area contributed by atoms with E-state index < -0.39 is 0 Å². The van der Waals surface area contributed by atoms with E-state index in [9.17, 15) is 0 Å². The van der Waals surface area contributed by atoms with E-state index in [1.54, 1.807) is 0 Å². The summed E-state index contributed by atoms with van der Waals surface area (Å²) in [5.41, 5.74) is 9.27. The van der Waals surface area contributed by atoms with Crippen LogP contribution in [-0.2, 0) is 0 Å². The van der Waals surface area contributed by atoms with Crippen LogP contribution in [0.5, 0.6) is 0 Å². The zero-order valence-corrected chi connectivity index (χ0v) is 27.7. The fourth-order valence-corrected chi connectivity index (χ4v) is 8.56. The Morgan fingerprint density at radius 1 is 0.275 bits per heavy atom. The molecule has 0 saturated carbocycles. The zero-order valence-electron chi connectivity index (χ0n) is 27.7. The molecule has 0 radical (unpaired) electrons. The average Bonchev–Trinajstić information content (AvgIpc) is 3.58. The summed E-state index contributed by atoms with van der Waals surface area (Å²) < 4.78 is 6.41. The van der Waals surface area contributed by atoms with E-state index in [1.807, 2.05) is 0 Å². The maximum atomic E-state index is 6.41. The summed E-state index contributed by atoms with van der Waals surface area (Å²) in [5.74, 6) is 0. The highest BCUT2D eigenvalue weighted by Gasteiger charge is 2.20. The van der Waals surface area contributed by atoms with Crippen LogP contribution in [0.4, 0.5) is 0 Å². The van der Waals surface area contributed by atoms with Crippen molar-refractivity contribution in [3.05, 3.63) is 182 Å². The van der Waals surface area contributed by atoms with Crippen molar-refractivity contribution in [1.82, 2.24) is 0 Å². The molecular formula is C50H30O. The molecule has 0 bridgehead atoms. The quantitative estimate of drug-likeness (QED) is 0.174. The minimum Gasteiger partial charge on any atom is -0.456 e. The van der Waals surface area contributed by atoms with Crippen molar-refractivity contribution < 1.29 is 4.42 Å². The van der Waals surface area contributed by atoms with E-state index in [1.165, 1.54) is 92.6 Å². The van der Waals surface area contributed by atoms with Crippen LogP contribution in [0.1, 0.15) is 0 Å². The summed E-state index contributed by atoms with van der Waals surface area (Å²) in [6.07, 6.45) is 0. The molecule has 0 aliphatic rings. The number of furan rings is 1. The molecule has 0 aliphatic carbocycles. The van der Waals surface area contributed by atoms with Gasteiger partial charge in [-0.25, -0.2) is 0 Å². The van der Waals surface area contributed by atoms with Crippen LogP contribution in [0.15, 0.2) is 186 Å². The van der Waals surface area contributed by atoms with Gasteiger partial charge in [0.25, 0.3) is 0 Å². The molecule has 51 heavy (non-hydrogen) atoms. The smallest absolute Gasteiger partial charge is 0.136 e. The van der Waals surface area contributed by atoms with Crippen LogP contribution < -0.4 is 0 Å². The van der Waals surface area contributed by atoms with Crippen molar-refractivity contribution in [3.63, 3.8) is 0 Å². The van der Waals surface area contributed by atoms with Crippen LogP contribution in [0, 0.1) is 0 Å². The van der Waals surface area contributed by atoms with Gasteiger partial charge in [0.1, 0.15) is 11.2 Å². The molecule has 1 heterocycles. The van der Waals surface area contributed by atoms with E-state index in [0.717, 1.165) is 16.6 Å². The Balaban J connectivity index is 1.19. The lowest BCUT2D eigenvalue weighted by Gasteiger charge is -2.20. The molecule has 0 amide bonds. The van der Waals surface area contributed by atoms with Gasteiger partial charge in [-0.05, 0) is 112 Å². The summed E-state index contributed by atoms with van der Waals surface area (Å²) in [5, 5.41) is 14.8. The minimum atomic E-state index is 0.910. The van der Waals surface area contributed by atoms with Crippen molar-refractivity contribution in [2.45, 2.75) is 0 Å². The number of fused-ring (bicyclic) bond motifs is 9. The van der Waals surface area contributed by atoms with Crippen LogP contribution >= 0.6 is 0 Å². The van der Waals surface area contributed by atoms with Gasteiger partial charge in [0.15, 0.2) is 0 Å². The van der Waals surface area contributed by atoms with Crippen molar-refractivity contribution in [1.29, 1.82) is 0 Å². The second-order valence-electron chi connectivity index (χ2n) is 13.6. The SMILES string of the molecule is c1ccc2cc(-c3ccc(-c4c5ccccc5c(-c5ccc6oc7ccc8ccccc8c7c6c5)c5ccccc45)c4ccccc34)ccc2c1. The molecule has 0 aliphatic heterocycles. The van der Waals surface area contributed by atoms with E-state index in [-0.39, 0.29) is 0 Å². The minimum absolute atomic E-state index is 0.910. The molecule has 0 saturated heterocycles. The van der Waals surface area contributed by atoms with E-state index in [2.05, 4.69) is 182 Å². The van der Waals surface area contributed by atoms with Gasteiger partial charge in [-0.3, -0.25) is 0 Å². The highest BCUT2D eigenvalue weighted by molar-refractivity contribution is 6.25. The summed E-state index contributed by atoms with van der Waals surface area (Å²) >= 11 is 0. The predicted octanol–water partition coefficient (Wildman–Crippen LogP) is 14.4. The van der Waals surface area contributed by atoms with Gasteiger partial charge in [-0.1, -0.05) is 158 Å². The summed E-state index contributed by atoms with van der Waals surface area (Å²) in [6.45, 7) is 0. The third-order valence-corrected chi connectivity index (χ3v) is 10.8. The molecule has 0 fully saturated rings. The number of hydrogen-bond donors (Lipinski definition) is 0. The van der Waals surface area contributed by atoms with Gasteiger partial charge < -0.3 is 4.42 Å². The Morgan fingerprint density at radius 3 is 1.51 bits per heavy atom. The fourth-order valence-electron chi connectivity index (χ4n) is 8.56. The van der Waals surface area contributed by atoms with Crippen molar-refractivity contribution >= 4 is 75.8 Å². The largest absolute Gasteiger partial charge is 0.456 e. The van der Waals surface area contributed by atoms with Crippen molar-refractivity contribution in [2.75, 3.05) is 0 Å². The van der Waals surface area contributed by atoms with Crippen molar-refractivity contribution in [3.8, 4) is 33.4 Å². The van der Waals surface area contributed by atoms with Crippen LogP contribution in [-0.4, -0.2) is 0 Å². The first-order chi connectivity index (χ1) is 25.3. The molecule has 11 aromatic rings. The Bertz CT molecular complexity index is 3140. The Kier molecular flexibility index (Phi) is 6.02. The monoisotopic (exact) mass is 646 g/mol. The molecule has 0 unspecified atom stereocenters. The highest BCUT2D eigenvalue weighted by Crippen LogP contribution is 2.47. The molecule has 1 nitrogen and oxygen atoms in total. The highest BCUT2D eigenvalue weighted by atomic mass is 16.3. The van der Waals surface area contributed by atoms with Crippen molar-refractivity contribution in [2.24, 2.45) is 0 Å². The maximum absolute atomic E-state index is 6.41. The first kappa shape index (κ1) is 28.2. The molecule has 0 N–H and O–H groups in total. The molecule has 236 valence electrons. The molecule has 1 aromatic heterocycles. The first-order valence-electron chi connectivity index (χ1n) is 17.6. The summed E-state index contributed by atoms with van der Waals surface area (Å²) in [6, 6.07) is 66.4. The molecule has 0 atom stereocenters. The maximum Gasteiger partial charge on any atom is 0.136 e. The molecule has 10 aromatic carbocycles. The summed E-state index contributed by atoms with van der Waals surface area (Å²) in [7, 11) is 0. The first-order valence-corrected chi connectivity index (χ1v) is 17.6. The number of rotatable bonds is 3. The van der Waals surface area contributed by atoms with Gasteiger partial charge in [0.05, 0.1) is 0 Å². The average molecular weight is 647 g/mol. The molecule has 1 heteroatoms. The Hall–Kier alpha value is -6.70. The van der Waals surface area contributed by atoms with E-state index >= 15 is 0 Å². The summed E-state index contributed by atoms with van der Waals surface area (Å²) in [4.78, 5) is 0. The van der Waals surface area contributed by atoms with Crippen LogP contribution in [0.3, 0.4) is 0 Å². The third kappa shape index (κ3) is 4.22. The number of hydrogen-bond acceptors (Lipinski definition) is 1. The Labute approximate surface area is 294 Å². The van der Waals surface area contributed by atoms with Gasteiger partial charge in [-0.15, -0.1) is 0 Å². The number of benzene rings is 10. The topological polar surface area (TPSA) is 13.1 Å². The normalized spacial score (nSPS) is 11.9. The van der Waals surface area contributed by atoms with Gasteiger partial charge in [-0.2, -0.15) is 0 Å². The van der Waals surface area contributed by atoms with E-state index in [0.29, 0.717) is 0 Å².